The molecule has 3 rings (SSSR count). The van der Waals surface area contributed by atoms with Crippen molar-refractivity contribution >= 4 is 11.0 Å². The third kappa shape index (κ3) is 3.15. The van der Waals surface area contributed by atoms with Gasteiger partial charge in [-0.3, -0.25) is 4.90 Å². The first-order valence-corrected chi connectivity index (χ1v) is 8.22. The van der Waals surface area contributed by atoms with Crippen molar-refractivity contribution in [2.75, 3.05) is 13.1 Å². The van der Waals surface area contributed by atoms with E-state index in [4.69, 9.17) is 10.2 Å². The number of nitriles is 1. The van der Waals surface area contributed by atoms with Gasteiger partial charge in [-0.15, -0.1) is 0 Å². The van der Waals surface area contributed by atoms with E-state index in [1.807, 2.05) is 0 Å². The quantitative estimate of drug-likeness (QED) is 0.867. The highest BCUT2D eigenvalue weighted by molar-refractivity contribution is 5.76. The molecule has 0 radical (unpaired) electrons. The Morgan fingerprint density at radius 1 is 1.41 bits per heavy atom. The van der Waals surface area contributed by atoms with Crippen molar-refractivity contribution in [2.45, 2.75) is 46.2 Å². The van der Waals surface area contributed by atoms with Crippen molar-refractivity contribution in [3.05, 3.63) is 29.6 Å². The highest BCUT2D eigenvalue weighted by atomic mass is 15.2. The van der Waals surface area contributed by atoms with Gasteiger partial charge in [-0.2, -0.15) is 5.26 Å². The number of fused-ring (bicyclic) bond motifs is 1. The number of hydrogen-bond acceptors (Lipinski definition) is 3. The molecule has 4 heteroatoms. The first kappa shape index (κ1) is 15.1. The molecular formula is C18H24N4. The van der Waals surface area contributed by atoms with Crippen molar-refractivity contribution in [2.24, 2.45) is 5.92 Å². The van der Waals surface area contributed by atoms with Crippen LogP contribution < -0.4 is 0 Å². The van der Waals surface area contributed by atoms with Gasteiger partial charge in [0.2, 0.25) is 0 Å². The fraction of sp³-hybridized carbons (Fsp3) is 0.556. The Balaban J connectivity index is 1.91. The third-order valence-electron chi connectivity index (χ3n) is 4.54. The molecule has 1 unspecified atom stereocenters. The van der Waals surface area contributed by atoms with Crippen LogP contribution in [0.5, 0.6) is 0 Å². The van der Waals surface area contributed by atoms with Gasteiger partial charge in [0.1, 0.15) is 5.82 Å². The summed E-state index contributed by atoms with van der Waals surface area (Å²) in [5.41, 5.74) is 3.44. The van der Waals surface area contributed by atoms with Gasteiger partial charge in [-0.25, -0.2) is 4.98 Å². The molecular weight excluding hydrogens is 272 g/mol. The number of hydrogen-bond donors (Lipinski definition) is 0. The number of benzene rings is 1. The summed E-state index contributed by atoms with van der Waals surface area (Å²) in [6, 6.07) is 8.66. The number of nitrogens with zero attached hydrogens (tertiary/aromatic N) is 4. The second kappa shape index (κ2) is 6.50. The highest BCUT2D eigenvalue weighted by Gasteiger charge is 2.19. The maximum atomic E-state index is 8.93. The van der Waals surface area contributed by atoms with E-state index in [0.717, 1.165) is 49.0 Å². The predicted octanol–water partition coefficient (Wildman–Crippen LogP) is 3.49. The molecule has 22 heavy (non-hydrogen) atoms. The average molecular weight is 296 g/mol. The molecule has 1 aliphatic rings. The number of imidazole rings is 1. The Kier molecular flexibility index (Phi) is 4.44. The molecule has 0 saturated carbocycles. The van der Waals surface area contributed by atoms with Gasteiger partial charge >= 0.3 is 0 Å². The lowest BCUT2D eigenvalue weighted by atomic mass is 10.0. The van der Waals surface area contributed by atoms with Gasteiger partial charge < -0.3 is 4.57 Å². The van der Waals surface area contributed by atoms with Gasteiger partial charge in [0.15, 0.2) is 0 Å². The summed E-state index contributed by atoms with van der Waals surface area (Å²) in [4.78, 5) is 7.36. The fourth-order valence-corrected chi connectivity index (χ4v) is 3.45. The Morgan fingerprint density at radius 3 is 3.05 bits per heavy atom. The molecule has 1 aromatic heterocycles. The summed E-state index contributed by atoms with van der Waals surface area (Å²) in [5.74, 6) is 1.87. The van der Waals surface area contributed by atoms with Crippen LogP contribution in [0, 0.1) is 24.2 Å². The lowest BCUT2D eigenvalue weighted by Gasteiger charge is -2.30. The lowest BCUT2D eigenvalue weighted by Crippen LogP contribution is -2.34. The summed E-state index contributed by atoms with van der Waals surface area (Å²) < 4.78 is 2.23. The van der Waals surface area contributed by atoms with Crippen LogP contribution in [0.15, 0.2) is 18.2 Å². The van der Waals surface area contributed by atoms with Gasteiger partial charge in [0.25, 0.3) is 0 Å². The number of piperidine rings is 1. The van der Waals surface area contributed by atoms with Gasteiger partial charge in [-0.1, -0.05) is 13.0 Å². The van der Waals surface area contributed by atoms with E-state index < -0.39 is 0 Å². The van der Waals surface area contributed by atoms with Crippen molar-refractivity contribution in [1.29, 1.82) is 5.26 Å². The van der Waals surface area contributed by atoms with Crippen LogP contribution in [0.3, 0.4) is 0 Å². The standard InChI is InChI=1S/C18H24N4/c1-14-6-7-17-16(11-14)20-18(22(17)10-4-8-19)13-21-9-3-5-15(2)12-21/h6-7,11,15H,3-5,9-10,12-13H2,1-2H3. The zero-order chi connectivity index (χ0) is 15.5. The Hall–Kier alpha value is -1.86. The van der Waals surface area contributed by atoms with Gasteiger partial charge in [0, 0.05) is 13.1 Å². The zero-order valence-corrected chi connectivity index (χ0v) is 13.5. The number of likely N-dealkylation sites (tertiary alicyclic amines) is 1. The highest BCUT2D eigenvalue weighted by Crippen LogP contribution is 2.22. The first-order chi connectivity index (χ1) is 10.7. The molecule has 2 heterocycles. The lowest BCUT2D eigenvalue weighted by molar-refractivity contribution is 0.171. The molecule has 1 fully saturated rings. The second-order valence-electron chi connectivity index (χ2n) is 6.56. The average Bonchev–Trinajstić information content (AvgIpc) is 2.81. The number of rotatable bonds is 4. The van der Waals surface area contributed by atoms with Crippen LogP contribution in [0.2, 0.25) is 0 Å². The normalized spacial score (nSPS) is 19.4. The summed E-state index contributed by atoms with van der Waals surface area (Å²) in [6.07, 6.45) is 3.14. The van der Waals surface area contributed by atoms with E-state index in [1.54, 1.807) is 0 Å². The summed E-state index contributed by atoms with van der Waals surface area (Å²) in [6.45, 7) is 8.36. The third-order valence-corrected chi connectivity index (χ3v) is 4.54. The Morgan fingerprint density at radius 2 is 2.27 bits per heavy atom. The number of aromatic nitrogens is 2. The van der Waals surface area contributed by atoms with Crippen LogP contribution in [0.25, 0.3) is 11.0 Å². The fourth-order valence-electron chi connectivity index (χ4n) is 3.45. The molecule has 0 bridgehead atoms. The molecule has 1 aromatic carbocycles. The molecule has 116 valence electrons. The molecule has 0 N–H and O–H groups in total. The minimum absolute atomic E-state index is 0.530. The van der Waals surface area contributed by atoms with Crippen molar-refractivity contribution < 1.29 is 0 Å². The molecule has 1 atom stereocenters. The summed E-state index contributed by atoms with van der Waals surface area (Å²) in [7, 11) is 0. The van der Waals surface area contributed by atoms with Gasteiger partial charge in [-0.05, 0) is 49.9 Å². The van der Waals surface area contributed by atoms with Gasteiger partial charge in [0.05, 0.1) is 30.1 Å². The molecule has 0 amide bonds. The summed E-state index contributed by atoms with van der Waals surface area (Å²) in [5, 5.41) is 8.93. The van der Waals surface area contributed by atoms with Crippen LogP contribution in [0.1, 0.15) is 37.6 Å². The van der Waals surface area contributed by atoms with E-state index in [9.17, 15) is 0 Å². The van der Waals surface area contributed by atoms with E-state index >= 15 is 0 Å². The van der Waals surface area contributed by atoms with Crippen LogP contribution in [0.4, 0.5) is 0 Å². The molecule has 1 saturated heterocycles. The molecule has 0 aliphatic carbocycles. The zero-order valence-electron chi connectivity index (χ0n) is 13.5. The van der Waals surface area contributed by atoms with E-state index in [1.165, 1.54) is 18.4 Å². The smallest absolute Gasteiger partial charge is 0.124 e. The molecule has 0 spiro atoms. The minimum Gasteiger partial charge on any atom is -0.326 e. The van der Waals surface area contributed by atoms with Crippen molar-refractivity contribution in [1.82, 2.24) is 14.5 Å². The summed E-state index contributed by atoms with van der Waals surface area (Å²) >= 11 is 0. The van der Waals surface area contributed by atoms with E-state index in [-0.39, 0.29) is 0 Å². The monoisotopic (exact) mass is 296 g/mol. The Bertz CT molecular complexity index is 695. The second-order valence-corrected chi connectivity index (χ2v) is 6.56. The first-order valence-electron chi connectivity index (χ1n) is 8.22. The van der Waals surface area contributed by atoms with Crippen LogP contribution in [-0.4, -0.2) is 27.5 Å². The minimum atomic E-state index is 0.530. The Labute approximate surface area is 132 Å². The largest absolute Gasteiger partial charge is 0.326 e. The van der Waals surface area contributed by atoms with Crippen LogP contribution in [-0.2, 0) is 13.1 Å². The maximum Gasteiger partial charge on any atom is 0.124 e. The van der Waals surface area contributed by atoms with Crippen molar-refractivity contribution in [3.63, 3.8) is 0 Å². The topological polar surface area (TPSA) is 44.9 Å². The van der Waals surface area contributed by atoms with Crippen molar-refractivity contribution in [3.8, 4) is 6.07 Å². The number of aryl methyl sites for hydroxylation is 2. The maximum absolute atomic E-state index is 8.93. The van der Waals surface area contributed by atoms with E-state index in [0.29, 0.717) is 6.42 Å². The predicted molar refractivity (Wildman–Crippen MR) is 88.4 cm³/mol. The van der Waals surface area contributed by atoms with Crippen LogP contribution >= 0.6 is 0 Å². The SMILES string of the molecule is Cc1ccc2c(c1)nc(CN1CCCC(C)C1)n2CCC#N. The molecule has 2 aromatic rings. The van der Waals surface area contributed by atoms with E-state index in [2.05, 4.69) is 47.6 Å². The molecule has 1 aliphatic heterocycles. The molecule has 4 nitrogen and oxygen atoms in total.